The lowest BCUT2D eigenvalue weighted by Gasteiger charge is -2.67. The van der Waals surface area contributed by atoms with Gasteiger partial charge in [-0.05, 0) is 54.8 Å². The number of carbonyl (C=O) groups is 6. The lowest BCUT2D eigenvalue weighted by atomic mass is 9.44. The van der Waals surface area contributed by atoms with E-state index in [1.165, 1.54) is 26.0 Å². The minimum absolute atomic E-state index is 0.00289. The quantitative estimate of drug-likeness (QED) is 0.130. The summed E-state index contributed by atoms with van der Waals surface area (Å²) >= 11 is 0. The summed E-state index contributed by atoms with van der Waals surface area (Å²) in [4.78, 5) is 83.5. The molecule has 1 aliphatic heterocycles. The van der Waals surface area contributed by atoms with Crippen molar-refractivity contribution >= 4 is 35.6 Å². The van der Waals surface area contributed by atoms with E-state index < -0.39 is 113 Å². The molecule has 2 saturated carbocycles. The van der Waals surface area contributed by atoms with Crippen LogP contribution in [0.3, 0.4) is 0 Å². The lowest BCUT2D eigenvalue weighted by Crippen LogP contribution is -2.82. The van der Waals surface area contributed by atoms with Crippen molar-refractivity contribution in [2.75, 3.05) is 6.61 Å². The number of fused-ring (bicyclic) bond motifs is 5. The third-order valence-corrected chi connectivity index (χ3v) is 13.5. The highest BCUT2D eigenvalue weighted by Gasteiger charge is 2.78. The monoisotopic (exact) mass is 853 g/mol. The predicted octanol–water partition coefficient (Wildman–Crippen LogP) is 3.74. The first-order valence-electron chi connectivity index (χ1n) is 20.5. The smallest absolute Gasteiger partial charge is 0.338 e. The van der Waals surface area contributed by atoms with Crippen molar-refractivity contribution in [2.45, 2.75) is 108 Å². The van der Waals surface area contributed by atoms with Crippen LogP contribution in [0.4, 0.5) is 0 Å². The van der Waals surface area contributed by atoms with Crippen molar-refractivity contribution in [3.05, 3.63) is 119 Å². The SMILES string of the molecule is CC(=O)O[C@H]1C(=O)[C@@]2(C)[C@H]([C@H](OC(=O)c3ccccc3)[C@]3(O)CC(OC(=O)[C@H](O)C(NC(=O)c4ccccc4)c4ccccc4)C(C)=C1C3(C)C)C1(OC(C)=O)CO[C@@H]1C[C@@H]2O. The van der Waals surface area contributed by atoms with Crippen LogP contribution in [0.5, 0.6) is 0 Å². The Bertz CT molecular complexity index is 2280. The van der Waals surface area contributed by atoms with E-state index in [0.717, 1.165) is 13.8 Å². The molecule has 15 nitrogen and oxygen atoms in total. The van der Waals surface area contributed by atoms with Gasteiger partial charge in [-0.15, -0.1) is 0 Å². The number of hydrogen-bond acceptors (Lipinski definition) is 14. The van der Waals surface area contributed by atoms with Crippen LogP contribution in [0, 0.1) is 16.7 Å². The van der Waals surface area contributed by atoms with E-state index in [0.29, 0.717) is 5.56 Å². The molecule has 2 bridgehead atoms. The molecule has 0 spiro atoms. The number of carbonyl (C=O) groups excluding carboxylic acids is 6. The number of aliphatic hydroxyl groups excluding tert-OH is 2. The number of aliphatic hydroxyl groups is 3. The predicted molar refractivity (Wildman–Crippen MR) is 218 cm³/mol. The molecule has 11 atom stereocenters. The highest BCUT2D eigenvalue weighted by Crippen LogP contribution is 2.64. The summed E-state index contributed by atoms with van der Waals surface area (Å²) in [7, 11) is 0. The van der Waals surface area contributed by atoms with Crippen molar-refractivity contribution in [2.24, 2.45) is 16.7 Å². The van der Waals surface area contributed by atoms with Crippen molar-refractivity contribution in [1.29, 1.82) is 0 Å². The highest BCUT2D eigenvalue weighted by molar-refractivity contribution is 5.96. The number of esters is 4. The van der Waals surface area contributed by atoms with Crippen LogP contribution in [0.1, 0.15) is 86.7 Å². The average molecular weight is 854 g/mol. The van der Waals surface area contributed by atoms with Gasteiger partial charge in [0.2, 0.25) is 0 Å². The van der Waals surface area contributed by atoms with Gasteiger partial charge in [0.15, 0.2) is 23.6 Å². The number of benzene rings is 3. The summed E-state index contributed by atoms with van der Waals surface area (Å²) in [5.41, 5.74) is -7.02. The van der Waals surface area contributed by atoms with Crippen molar-refractivity contribution < 1.29 is 67.8 Å². The fraction of sp³-hybridized carbons (Fsp3) is 0.447. The van der Waals surface area contributed by atoms with E-state index in [9.17, 15) is 39.3 Å². The van der Waals surface area contributed by atoms with Gasteiger partial charge in [0.25, 0.3) is 5.91 Å². The van der Waals surface area contributed by atoms with E-state index in [1.54, 1.807) is 92.7 Å². The number of hydrogen-bond donors (Lipinski definition) is 4. The highest BCUT2D eigenvalue weighted by atomic mass is 16.6. The minimum atomic E-state index is -2.39. The third kappa shape index (κ3) is 7.29. The minimum Gasteiger partial charge on any atom is -0.456 e. The molecule has 62 heavy (non-hydrogen) atoms. The van der Waals surface area contributed by atoms with Crippen LogP contribution in [-0.4, -0.2) is 105 Å². The molecule has 7 rings (SSSR count). The molecule has 4 aliphatic rings. The molecule has 3 fully saturated rings. The van der Waals surface area contributed by atoms with E-state index in [2.05, 4.69) is 5.32 Å². The molecule has 3 aromatic rings. The van der Waals surface area contributed by atoms with Crippen LogP contribution < -0.4 is 5.32 Å². The first-order valence-corrected chi connectivity index (χ1v) is 20.5. The normalized spacial score (nSPS) is 31.9. The number of Topliss-reactive ketones (excluding diaryl/α,β-unsaturated/α-hetero) is 1. The average Bonchev–Trinajstić information content (AvgIpc) is 3.24. The topological polar surface area (TPSA) is 221 Å². The first-order chi connectivity index (χ1) is 29.3. The van der Waals surface area contributed by atoms with E-state index in [-0.39, 0.29) is 35.3 Å². The maximum absolute atomic E-state index is 15.5. The first kappa shape index (κ1) is 44.3. The summed E-state index contributed by atoms with van der Waals surface area (Å²) in [6.07, 6.45) is -10.5. The molecule has 3 aromatic carbocycles. The molecular formula is C47H51NO14. The van der Waals surface area contributed by atoms with E-state index >= 15 is 4.79 Å². The standard InChI is InChI=1S/C47H51NO14/c1-25-31(60-43(56)36(52)35(28-16-10-7-11-17-28)48-41(54)29-18-12-8-13-19-29)23-47(57)40(61-42(55)30-20-14-9-15-21-30)38-45(6,32(51)22-33-46(38,24-58-33)62-27(3)50)39(53)37(59-26(2)49)34(25)44(47,4)5/h7-21,31-33,35-38,40,51-52,57H,22-24H2,1-6H3,(H,48,54)/t31?,32-,33+,35?,36+,37+,38-,40-,45+,46?,47+/m0/s1. The lowest BCUT2D eigenvalue weighted by molar-refractivity contribution is -0.346. The Morgan fingerprint density at radius 1 is 0.823 bits per heavy atom. The van der Waals surface area contributed by atoms with Gasteiger partial charge in [0.1, 0.15) is 23.9 Å². The Balaban J connectivity index is 1.39. The summed E-state index contributed by atoms with van der Waals surface area (Å²) in [5.74, 6) is -6.84. The van der Waals surface area contributed by atoms with Crippen molar-refractivity contribution in [3.63, 3.8) is 0 Å². The van der Waals surface area contributed by atoms with Gasteiger partial charge in [0.05, 0.1) is 35.6 Å². The van der Waals surface area contributed by atoms with Gasteiger partial charge in [-0.2, -0.15) is 0 Å². The molecule has 15 heteroatoms. The Morgan fingerprint density at radius 2 is 1.40 bits per heavy atom. The van der Waals surface area contributed by atoms with Crippen LogP contribution in [0.2, 0.25) is 0 Å². The number of rotatable bonds is 10. The zero-order valence-electron chi connectivity index (χ0n) is 35.2. The molecule has 1 heterocycles. The fourth-order valence-corrected chi connectivity index (χ4v) is 10.2. The molecule has 3 unspecified atom stereocenters. The number of nitrogens with one attached hydrogen (secondary N) is 1. The third-order valence-electron chi connectivity index (χ3n) is 13.5. The van der Waals surface area contributed by atoms with Crippen LogP contribution >= 0.6 is 0 Å². The van der Waals surface area contributed by atoms with Gasteiger partial charge in [0, 0.05) is 37.7 Å². The number of ketones is 1. The molecule has 1 saturated heterocycles. The van der Waals surface area contributed by atoms with Crippen molar-refractivity contribution in [3.8, 4) is 0 Å². The molecule has 3 aliphatic carbocycles. The second kappa shape index (κ2) is 16.5. The summed E-state index contributed by atoms with van der Waals surface area (Å²) in [5, 5.41) is 40.2. The Kier molecular flexibility index (Phi) is 11.8. The Labute approximate surface area is 358 Å². The van der Waals surface area contributed by atoms with Gasteiger partial charge >= 0.3 is 23.9 Å². The molecule has 328 valence electrons. The number of ether oxygens (including phenoxy) is 5. The zero-order chi connectivity index (χ0) is 44.9. The second-order valence-electron chi connectivity index (χ2n) is 17.4. The van der Waals surface area contributed by atoms with Crippen LogP contribution in [0.15, 0.2) is 102 Å². The zero-order valence-corrected chi connectivity index (χ0v) is 35.2. The van der Waals surface area contributed by atoms with Crippen LogP contribution in [-0.2, 0) is 42.9 Å². The van der Waals surface area contributed by atoms with E-state index in [4.69, 9.17) is 23.7 Å². The molecule has 1 amide bonds. The summed E-state index contributed by atoms with van der Waals surface area (Å²) in [6, 6.07) is 22.9. The second-order valence-corrected chi connectivity index (χ2v) is 17.4. The summed E-state index contributed by atoms with van der Waals surface area (Å²) < 4.78 is 30.3. The van der Waals surface area contributed by atoms with E-state index in [1.807, 2.05) is 0 Å². The van der Waals surface area contributed by atoms with Gasteiger partial charge in [-0.1, -0.05) is 80.6 Å². The van der Waals surface area contributed by atoms with Gasteiger partial charge in [-0.25, -0.2) is 9.59 Å². The summed E-state index contributed by atoms with van der Waals surface area (Å²) in [6.45, 7) is 7.97. The Morgan fingerprint density at radius 3 is 1.95 bits per heavy atom. The maximum atomic E-state index is 15.5. The van der Waals surface area contributed by atoms with Gasteiger partial charge < -0.3 is 44.3 Å². The van der Waals surface area contributed by atoms with Crippen LogP contribution in [0.25, 0.3) is 0 Å². The largest absolute Gasteiger partial charge is 0.456 e. The molecule has 0 aromatic heterocycles. The maximum Gasteiger partial charge on any atom is 0.338 e. The molecule has 4 N–H and O–H groups in total. The van der Waals surface area contributed by atoms with Gasteiger partial charge in [-0.3, -0.25) is 19.2 Å². The van der Waals surface area contributed by atoms with Crippen molar-refractivity contribution in [1.82, 2.24) is 5.32 Å². The Hall–Kier alpha value is -5.74. The molecule has 0 radical (unpaired) electrons. The number of amides is 1. The molecular weight excluding hydrogens is 803 g/mol. The fourth-order valence-electron chi connectivity index (χ4n) is 10.2.